The highest BCUT2D eigenvalue weighted by Crippen LogP contribution is 2.08. The van der Waals surface area contributed by atoms with E-state index in [4.69, 9.17) is 0 Å². The van der Waals surface area contributed by atoms with Crippen LogP contribution >= 0.6 is 0 Å². The van der Waals surface area contributed by atoms with Crippen molar-refractivity contribution in [2.75, 3.05) is 26.2 Å². The van der Waals surface area contributed by atoms with E-state index in [1.165, 1.54) is 29.0 Å². The molecular weight excluding hydrogens is 336 g/mol. The summed E-state index contributed by atoms with van der Waals surface area (Å²) < 4.78 is 1.38. The van der Waals surface area contributed by atoms with Crippen LogP contribution in [-0.2, 0) is 11.3 Å². The van der Waals surface area contributed by atoms with E-state index in [0.29, 0.717) is 31.7 Å². The molecule has 1 aliphatic rings. The topological polar surface area (TPSA) is 95.5 Å². The Kier molecular flexibility index (Phi) is 5.01. The lowest BCUT2D eigenvalue weighted by Crippen LogP contribution is -2.51. The molecule has 1 N–H and O–H groups in total. The zero-order valence-corrected chi connectivity index (χ0v) is 14.5. The summed E-state index contributed by atoms with van der Waals surface area (Å²) in [6.07, 6.45) is 3.01. The lowest BCUT2D eigenvalue weighted by Gasteiger charge is -2.34. The number of amides is 2. The number of piperazine rings is 1. The number of rotatable bonds is 3. The molecule has 8 heteroatoms. The summed E-state index contributed by atoms with van der Waals surface area (Å²) in [5, 5.41) is 0. The Hall–Kier alpha value is -3.16. The molecule has 3 heterocycles. The van der Waals surface area contributed by atoms with Gasteiger partial charge in [0.1, 0.15) is 6.54 Å². The number of aromatic amines is 1. The first-order valence-corrected chi connectivity index (χ1v) is 8.37. The molecule has 1 saturated heterocycles. The maximum atomic E-state index is 12.4. The van der Waals surface area contributed by atoms with Crippen LogP contribution in [0, 0.1) is 6.92 Å². The van der Waals surface area contributed by atoms with Crippen LogP contribution in [0.2, 0.25) is 0 Å². The molecule has 2 aromatic heterocycles. The van der Waals surface area contributed by atoms with E-state index >= 15 is 0 Å². The van der Waals surface area contributed by atoms with Crippen LogP contribution in [0.25, 0.3) is 0 Å². The first-order chi connectivity index (χ1) is 12.4. The molecule has 0 aliphatic carbocycles. The smallest absolute Gasteiger partial charge is 0.255 e. The van der Waals surface area contributed by atoms with Crippen molar-refractivity contribution < 1.29 is 9.59 Å². The summed E-state index contributed by atoms with van der Waals surface area (Å²) in [7, 11) is 0. The van der Waals surface area contributed by atoms with E-state index in [2.05, 4.69) is 4.98 Å². The maximum absolute atomic E-state index is 12.4. The van der Waals surface area contributed by atoms with Crippen LogP contribution in [-0.4, -0.2) is 57.3 Å². The average Bonchev–Trinajstić information content (AvgIpc) is 2.64. The van der Waals surface area contributed by atoms with Gasteiger partial charge in [0.25, 0.3) is 11.5 Å². The molecule has 0 atom stereocenters. The minimum atomic E-state index is -0.261. The summed E-state index contributed by atoms with van der Waals surface area (Å²) in [4.78, 5) is 53.6. The predicted molar refractivity (Wildman–Crippen MR) is 95.0 cm³/mol. The van der Waals surface area contributed by atoms with Crippen molar-refractivity contribution in [3.8, 4) is 0 Å². The SMILES string of the molecule is Cc1ccn(CC(=O)N2CCN(C(=O)c3ccc(=O)[nH]c3)CC2)c(=O)c1. The molecule has 1 aliphatic heterocycles. The number of H-pyrrole nitrogens is 1. The molecule has 2 aromatic rings. The predicted octanol–water partition coefficient (Wildman–Crippen LogP) is -0.170. The van der Waals surface area contributed by atoms with Crippen LogP contribution in [0.1, 0.15) is 15.9 Å². The van der Waals surface area contributed by atoms with E-state index in [1.807, 2.05) is 6.92 Å². The number of hydrogen-bond acceptors (Lipinski definition) is 4. The van der Waals surface area contributed by atoms with E-state index in [-0.39, 0.29) is 29.5 Å². The second-order valence-electron chi connectivity index (χ2n) is 6.28. The van der Waals surface area contributed by atoms with Crippen LogP contribution in [0.5, 0.6) is 0 Å². The first kappa shape index (κ1) is 17.7. The van der Waals surface area contributed by atoms with Crippen molar-refractivity contribution in [3.63, 3.8) is 0 Å². The van der Waals surface area contributed by atoms with Gasteiger partial charge in [0.2, 0.25) is 11.5 Å². The van der Waals surface area contributed by atoms with Gasteiger partial charge in [-0.15, -0.1) is 0 Å². The van der Waals surface area contributed by atoms with Crippen LogP contribution < -0.4 is 11.1 Å². The third-order valence-corrected chi connectivity index (χ3v) is 4.41. The summed E-state index contributed by atoms with van der Waals surface area (Å²) in [5.74, 6) is -0.324. The molecule has 8 nitrogen and oxygen atoms in total. The fourth-order valence-electron chi connectivity index (χ4n) is 2.87. The van der Waals surface area contributed by atoms with E-state index in [0.717, 1.165) is 5.56 Å². The zero-order valence-electron chi connectivity index (χ0n) is 14.5. The fraction of sp³-hybridized carbons (Fsp3) is 0.333. The van der Waals surface area contributed by atoms with Gasteiger partial charge in [-0.25, -0.2) is 0 Å². The van der Waals surface area contributed by atoms with Gasteiger partial charge in [-0.05, 0) is 24.6 Å². The molecule has 136 valence electrons. The van der Waals surface area contributed by atoms with Crippen molar-refractivity contribution in [3.05, 3.63) is 68.5 Å². The average molecular weight is 356 g/mol. The number of carbonyl (C=O) groups is 2. The second-order valence-corrected chi connectivity index (χ2v) is 6.28. The Morgan fingerprint density at radius 2 is 1.73 bits per heavy atom. The van der Waals surface area contributed by atoms with E-state index in [9.17, 15) is 19.2 Å². The van der Waals surface area contributed by atoms with Crippen molar-refractivity contribution in [1.82, 2.24) is 19.4 Å². The van der Waals surface area contributed by atoms with Gasteiger partial charge in [-0.2, -0.15) is 0 Å². The summed E-state index contributed by atoms with van der Waals surface area (Å²) in [6.45, 7) is 3.46. The Morgan fingerprint density at radius 1 is 1.04 bits per heavy atom. The minimum absolute atomic E-state index is 0.00696. The fourth-order valence-corrected chi connectivity index (χ4v) is 2.87. The van der Waals surface area contributed by atoms with Gasteiger partial charge in [-0.1, -0.05) is 0 Å². The lowest BCUT2D eigenvalue weighted by molar-refractivity contribution is -0.133. The Labute approximate surface area is 149 Å². The van der Waals surface area contributed by atoms with Gasteiger partial charge in [-0.3, -0.25) is 19.2 Å². The second kappa shape index (κ2) is 7.38. The summed E-state index contributed by atoms with van der Waals surface area (Å²) in [5.41, 5.74) is 0.803. The largest absolute Gasteiger partial charge is 0.338 e. The van der Waals surface area contributed by atoms with E-state index < -0.39 is 0 Å². The molecule has 2 amide bonds. The maximum Gasteiger partial charge on any atom is 0.255 e. The Morgan fingerprint density at radius 3 is 2.35 bits per heavy atom. The Balaban J connectivity index is 1.58. The lowest BCUT2D eigenvalue weighted by atomic mass is 10.2. The number of carbonyl (C=O) groups excluding carboxylic acids is 2. The molecule has 0 spiro atoms. The number of nitrogens with one attached hydrogen (secondary N) is 1. The number of aryl methyl sites for hydroxylation is 1. The number of nitrogens with zero attached hydrogens (tertiary/aromatic N) is 3. The standard InChI is InChI=1S/C18H20N4O4/c1-13-4-5-22(16(24)10-13)12-17(25)20-6-8-21(9-7-20)18(26)14-2-3-15(23)19-11-14/h2-5,10-11H,6-9,12H2,1H3,(H,19,23). The van der Waals surface area contributed by atoms with Gasteiger partial charge < -0.3 is 19.4 Å². The van der Waals surface area contributed by atoms with Crippen LogP contribution in [0.3, 0.4) is 0 Å². The normalized spacial score (nSPS) is 14.3. The van der Waals surface area contributed by atoms with E-state index in [1.54, 1.807) is 22.1 Å². The molecule has 26 heavy (non-hydrogen) atoms. The Bertz CT molecular complexity index is 918. The number of hydrogen-bond donors (Lipinski definition) is 1. The zero-order chi connectivity index (χ0) is 18.7. The summed E-state index contributed by atoms with van der Waals surface area (Å²) in [6, 6.07) is 6.08. The van der Waals surface area contributed by atoms with Crippen molar-refractivity contribution in [2.24, 2.45) is 0 Å². The highest BCUT2D eigenvalue weighted by atomic mass is 16.2. The van der Waals surface area contributed by atoms with Gasteiger partial charge in [0.05, 0.1) is 5.56 Å². The first-order valence-electron chi connectivity index (χ1n) is 8.37. The number of aromatic nitrogens is 2. The molecule has 0 saturated carbocycles. The highest BCUT2D eigenvalue weighted by molar-refractivity contribution is 5.94. The van der Waals surface area contributed by atoms with Crippen molar-refractivity contribution in [2.45, 2.75) is 13.5 Å². The molecule has 0 radical (unpaired) electrons. The quantitative estimate of drug-likeness (QED) is 0.826. The van der Waals surface area contributed by atoms with Gasteiger partial charge >= 0.3 is 0 Å². The van der Waals surface area contributed by atoms with Gasteiger partial charge in [0, 0.05) is 50.7 Å². The summed E-state index contributed by atoms with van der Waals surface area (Å²) >= 11 is 0. The third kappa shape index (κ3) is 3.90. The molecule has 0 aromatic carbocycles. The number of pyridine rings is 2. The molecule has 3 rings (SSSR count). The van der Waals surface area contributed by atoms with Gasteiger partial charge in [0.15, 0.2) is 0 Å². The molecule has 0 bridgehead atoms. The molecule has 1 fully saturated rings. The van der Waals surface area contributed by atoms with Crippen LogP contribution in [0.15, 0.2) is 46.2 Å². The van der Waals surface area contributed by atoms with Crippen LogP contribution in [0.4, 0.5) is 0 Å². The molecular formula is C18H20N4O4. The molecule has 0 unspecified atom stereocenters. The monoisotopic (exact) mass is 356 g/mol. The third-order valence-electron chi connectivity index (χ3n) is 4.41. The van der Waals surface area contributed by atoms with Crippen molar-refractivity contribution >= 4 is 11.8 Å². The highest BCUT2D eigenvalue weighted by Gasteiger charge is 2.25. The van der Waals surface area contributed by atoms with Crippen molar-refractivity contribution in [1.29, 1.82) is 0 Å². The minimum Gasteiger partial charge on any atom is -0.338 e.